The molecule has 1 heterocycles. The standard InChI is InChI=1S/C13H20N2/c1-2-8-15-9-7-12(10-15)11-3-5-13(14)6-4-11/h3-6,12H,2,7-10,14H2,1H3. The van der Waals surface area contributed by atoms with Crippen LogP contribution in [0.25, 0.3) is 0 Å². The van der Waals surface area contributed by atoms with Crippen molar-refractivity contribution >= 4 is 5.69 Å². The van der Waals surface area contributed by atoms with Crippen LogP contribution in [0, 0.1) is 0 Å². The van der Waals surface area contributed by atoms with Crippen LogP contribution in [-0.4, -0.2) is 24.5 Å². The van der Waals surface area contributed by atoms with Crippen LogP contribution >= 0.6 is 0 Å². The van der Waals surface area contributed by atoms with E-state index in [-0.39, 0.29) is 0 Å². The zero-order valence-corrected chi connectivity index (χ0v) is 9.45. The minimum absolute atomic E-state index is 0.720. The molecule has 2 N–H and O–H groups in total. The molecule has 0 aromatic heterocycles. The fourth-order valence-electron chi connectivity index (χ4n) is 2.39. The number of nitrogens with two attached hydrogens (primary N) is 1. The lowest BCUT2D eigenvalue weighted by atomic mass is 9.98. The van der Waals surface area contributed by atoms with Gasteiger partial charge in [-0.1, -0.05) is 19.1 Å². The molecule has 0 bridgehead atoms. The summed E-state index contributed by atoms with van der Waals surface area (Å²) in [5.74, 6) is 0.720. The topological polar surface area (TPSA) is 29.3 Å². The van der Waals surface area contributed by atoms with Gasteiger partial charge in [-0.05, 0) is 49.5 Å². The Labute approximate surface area is 92.1 Å². The summed E-state index contributed by atoms with van der Waals surface area (Å²) in [5.41, 5.74) is 8.00. The van der Waals surface area contributed by atoms with Crippen molar-refractivity contribution in [1.82, 2.24) is 4.90 Å². The first-order valence-electron chi connectivity index (χ1n) is 5.87. The van der Waals surface area contributed by atoms with E-state index in [1.165, 1.54) is 38.0 Å². The number of hydrogen-bond acceptors (Lipinski definition) is 2. The van der Waals surface area contributed by atoms with Gasteiger partial charge in [0.15, 0.2) is 0 Å². The van der Waals surface area contributed by atoms with Crippen LogP contribution in [0.4, 0.5) is 5.69 Å². The van der Waals surface area contributed by atoms with Crippen LogP contribution in [0.15, 0.2) is 24.3 Å². The van der Waals surface area contributed by atoms with Crippen LogP contribution in [0.1, 0.15) is 31.2 Å². The summed E-state index contributed by atoms with van der Waals surface area (Å²) in [6.45, 7) is 5.96. The van der Waals surface area contributed by atoms with Crippen molar-refractivity contribution in [2.45, 2.75) is 25.7 Å². The molecule has 2 nitrogen and oxygen atoms in total. The third kappa shape index (κ3) is 2.51. The van der Waals surface area contributed by atoms with Crippen molar-refractivity contribution in [3.05, 3.63) is 29.8 Å². The maximum Gasteiger partial charge on any atom is 0.0314 e. The van der Waals surface area contributed by atoms with Gasteiger partial charge in [-0.3, -0.25) is 0 Å². The number of benzene rings is 1. The summed E-state index contributed by atoms with van der Waals surface area (Å²) >= 11 is 0. The van der Waals surface area contributed by atoms with Crippen LogP contribution in [0.2, 0.25) is 0 Å². The van der Waals surface area contributed by atoms with E-state index in [9.17, 15) is 0 Å². The molecule has 1 aromatic rings. The SMILES string of the molecule is CCCN1CCC(c2ccc(N)cc2)C1. The van der Waals surface area contributed by atoms with Gasteiger partial charge < -0.3 is 10.6 Å². The highest BCUT2D eigenvalue weighted by molar-refractivity contribution is 5.40. The number of nitrogen functional groups attached to an aromatic ring is 1. The molecule has 1 aliphatic heterocycles. The minimum Gasteiger partial charge on any atom is -0.399 e. The van der Waals surface area contributed by atoms with Crippen LogP contribution in [0.5, 0.6) is 0 Å². The van der Waals surface area contributed by atoms with Gasteiger partial charge in [-0.15, -0.1) is 0 Å². The second-order valence-corrected chi connectivity index (χ2v) is 4.45. The Bertz CT molecular complexity index is 305. The molecular weight excluding hydrogens is 184 g/mol. The molecule has 15 heavy (non-hydrogen) atoms. The van der Waals surface area contributed by atoms with E-state index in [1.54, 1.807) is 0 Å². The summed E-state index contributed by atoms with van der Waals surface area (Å²) in [5, 5.41) is 0. The lowest BCUT2D eigenvalue weighted by Crippen LogP contribution is -2.20. The predicted octanol–water partition coefficient (Wildman–Crippen LogP) is 2.47. The Balaban J connectivity index is 1.98. The number of hydrogen-bond donors (Lipinski definition) is 1. The predicted molar refractivity (Wildman–Crippen MR) is 64.9 cm³/mol. The maximum atomic E-state index is 5.69. The fraction of sp³-hybridized carbons (Fsp3) is 0.538. The van der Waals surface area contributed by atoms with Crippen molar-refractivity contribution < 1.29 is 0 Å². The maximum absolute atomic E-state index is 5.69. The van der Waals surface area contributed by atoms with Crippen molar-refractivity contribution in [2.75, 3.05) is 25.4 Å². The zero-order chi connectivity index (χ0) is 10.7. The van der Waals surface area contributed by atoms with E-state index in [0.29, 0.717) is 0 Å². The summed E-state index contributed by atoms with van der Waals surface area (Å²) in [6, 6.07) is 8.38. The highest BCUT2D eigenvalue weighted by Gasteiger charge is 2.22. The molecule has 1 fully saturated rings. The molecule has 0 saturated carbocycles. The number of likely N-dealkylation sites (tertiary alicyclic amines) is 1. The first-order valence-corrected chi connectivity index (χ1v) is 5.87. The molecule has 0 aliphatic carbocycles. The molecule has 1 unspecified atom stereocenters. The van der Waals surface area contributed by atoms with E-state index >= 15 is 0 Å². The molecular formula is C13H20N2. The van der Waals surface area contributed by atoms with Crippen LogP contribution in [-0.2, 0) is 0 Å². The van der Waals surface area contributed by atoms with Gasteiger partial charge >= 0.3 is 0 Å². The molecule has 2 heteroatoms. The number of rotatable bonds is 3. The van der Waals surface area contributed by atoms with Crippen molar-refractivity contribution in [1.29, 1.82) is 0 Å². The lowest BCUT2D eigenvalue weighted by molar-refractivity contribution is 0.335. The largest absolute Gasteiger partial charge is 0.399 e. The van der Waals surface area contributed by atoms with Gasteiger partial charge in [0.1, 0.15) is 0 Å². The van der Waals surface area contributed by atoms with E-state index in [2.05, 4.69) is 24.0 Å². The Morgan fingerprint density at radius 1 is 1.33 bits per heavy atom. The fourth-order valence-corrected chi connectivity index (χ4v) is 2.39. The van der Waals surface area contributed by atoms with E-state index in [4.69, 9.17) is 5.73 Å². The Morgan fingerprint density at radius 2 is 2.07 bits per heavy atom. The Hall–Kier alpha value is -1.02. The molecule has 0 amide bonds. The first-order chi connectivity index (χ1) is 7.29. The lowest BCUT2D eigenvalue weighted by Gasteiger charge is -2.14. The number of nitrogens with zero attached hydrogens (tertiary/aromatic N) is 1. The normalized spacial score (nSPS) is 22.1. The molecule has 1 aliphatic rings. The third-order valence-electron chi connectivity index (χ3n) is 3.22. The average Bonchev–Trinajstić information content (AvgIpc) is 2.68. The van der Waals surface area contributed by atoms with Crippen molar-refractivity contribution in [3.8, 4) is 0 Å². The quantitative estimate of drug-likeness (QED) is 0.766. The monoisotopic (exact) mass is 204 g/mol. The van der Waals surface area contributed by atoms with Crippen LogP contribution < -0.4 is 5.73 Å². The van der Waals surface area contributed by atoms with Gasteiger partial charge in [0, 0.05) is 12.2 Å². The second-order valence-electron chi connectivity index (χ2n) is 4.45. The summed E-state index contributed by atoms with van der Waals surface area (Å²) in [6.07, 6.45) is 2.55. The zero-order valence-electron chi connectivity index (χ0n) is 9.45. The molecule has 1 atom stereocenters. The molecule has 0 spiro atoms. The van der Waals surface area contributed by atoms with Crippen LogP contribution in [0.3, 0.4) is 0 Å². The van der Waals surface area contributed by atoms with E-state index in [1.807, 2.05) is 12.1 Å². The van der Waals surface area contributed by atoms with Gasteiger partial charge in [0.25, 0.3) is 0 Å². The molecule has 1 aromatic carbocycles. The minimum atomic E-state index is 0.720. The third-order valence-corrected chi connectivity index (χ3v) is 3.22. The molecule has 0 radical (unpaired) electrons. The van der Waals surface area contributed by atoms with E-state index < -0.39 is 0 Å². The highest BCUT2D eigenvalue weighted by atomic mass is 15.1. The van der Waals surface area contributed by atoms with Gasteiger partial charge in [-0.2, -0.15) is 0 Å². The smallest absolute Gasteiger partial charge is 0.0314 e. The number of anilines is 1. The molecule has 82 valence electrons. The van der Waals surface area contributed by atoms with Gasteiger partial charge in [0.05, 0.1) is 0 Å². The van der Waals surface area contributed by atoms with E-state index in [0.717, 1.165) is 11.6 Å². The van der Waals surface area contributed by atoms with Gasteiger partial charge in [0.2, 0.25) is 0 Å². The molecule has 1 saturated heterocycles. The van der Waals surface area contributed by atoms with Crippen molar-refractivity contribution in [3.63, 3.8) is 0 Å². The second kappa shape index (κ2) is 4.67. The summed E-state index contributed by atoms with van der Waals surface area (Å²) in [7, 11) is 0. The van der Waals surface area contributed by atoms with Gasteiger partial charge in [-0.25, -0.2) is 0 Å². The summed E-state index contributed by atoms with van der Waals surface area (Å²) in [4.78, 5) is 2.56. The van der Waals surface area contributed by atoms with Crippen molar-refractivity contribution in [2.24, 2.45) is 0 Å². The average molecular weight is 204 g/mol. The summed E-state index contributed by atoms with van der Waals surface area (Å²) < 4.78 is 0. The first kappa shape index (κ1) is 10.5. The highest BCUT2D eigenvalue weighted by Crippen LogP contribution is 2.27. The Morgan fingerprint density at radius 3 is 2.73 bits per heavy atom. The Kier molecular flexibility index (Phi) is 3.27. The molecule has 2 rings (SSSR count).